The number of carbonyl (C=O) groups is 2. The largest absolute Gasteiger partial charge is 1.00 e. The predicted molar refractivity (Wildman–Crippen MR) is 98.0 cm³/mol. The molecule has 1 amide bonds. The number of nitrogens with zero attached hydrogens (tertiary/aromatic N) is 1. The van der Waals surface area contributed by atoms with E-state index in [9.17, 15) is 14.7 Å². The Labute approximate surface area is 204 Å². The molecule has 142 valence electrons. The number of carbonyl (C=O) groups excluding carboxylic acids is 2. The average molecular weight is 397 g/mol. The van der Waals surface area contributed by atoms with Crippen LogP contribution in [0.4, 0.5) is 0 Å². The van der Waals surface area contributed by atoms with Crippen molar-refractivity contribution in [2.45, 2.75) is 44.6 Å². The number of nitrogens with one attached hydrogen (secondary N) is 1. The monoisotopic (exact) mass is 396 g/mol. The van der Waals surface area contributed by atoms with Gasteiger partial charge >= 0.3 is 51.4 Å². The smallest absolute Gasteiger partial charge is 0.550 e. The number of amides is 1. The molecule has 0 bridgehead atoms. The minimum atomic E-state index is -1.01. The molecule has 1 saturated carbocycles. The van der Waals surface area contributed by atoms with Gasteiger partial charge in [-0.1, -0.05) is 36.8 Å². The van der Waals surface area contributed by atoms with Crippen molar-refractivity contribution in [2.24, 2.45) is 17.8 Å². The zero-order valence-corrected chi connectivity index (χ0v) is 19.6. The molecule has 2 fully saturated rings. The quantitative estimate of drug-likeness (QED) is 0.631. The van der Waals surface area contributed by atoms with Crippen molar-refractivity contribution in [1.82, 2.24) is 10.2 Å². The number of piperidine rings is 1. The van der Waals surface area contributed by atoms with Crippen LogP contribution in [0.3, 0.4) is 0 Å². The fourth-order valence-electron chi connectivity index (χ4n) is 4.67. The number of carboxylic acids is 1. The molecular formula is C21H29KN2O3. The van der Waals surface area contributed by atoms with E-state index in [4.69, 9.17) is 0 Å². The van der Waals surface area contributed by atoms with Crippen LogP contribution in [0.2, 0.25) is 0 Å². The van der Waals surface area contributed by atoms with Crippen LogP contribution in [0.1, 0.15) is 50.1 Å². The van der Waals surface area contributed by atoms with E-state index in [-0.39, 0.29) is 63.2 Å². The van der Waals surface area contributed by atoms with Crippen LogP contribution >= 0.6 is 0 Å². The van der Waals surface area contributed by atoms with Crippen LogP contribution in [0.25, 0.3) is 0 Å². The molecule has 1 aliphatic carbocycles. The summed E-state index contributed by atoms with van der Waals surface area (Å²) >= 11 is 0. The van der Waals surface area contributed by atoms with Gasteiger partial charge in [0.2, 0.25) is 5.91 Å². The van der Waals surface area contributed by atoms with Crippen molar-refractivity contribution in [3.05, 3.63) is 35.9 Å². The molecule has 5 nitrogen and oxygen atoms in total. The number of hydrogen-bond donors (Lipinski definition) is 1. The molecule has 1 saturated heterocycles. The van der Waals surface area contributed by atoms with Crippen LogP contribution in [0.15, 0.2) is 30.3 Å². The van der Waals surface area contributed by atoms with Gasteiger partial charge in [0.15, 0.2) is 0 Å². The Bertz CT molecular complexity index is 625. The van der Waals surface area contributed by atoms with Crippen molar-refractivity contribution >= 4 is 11.9 Å². The van der Waals surface area contributed by atoms with E-state index >= 15 is 0 Å². The van der Waals surface area contributed by atoms with Gasteiger partial charge in [0.05, 0.1) is 0 Å². The number of likely N-dealkylation sites (tertiary alicyclic amines) is 1. The van der Waals surface area contributed by atoms with Gasteiger partial charge in [0.25, 0.3) is 0 Å². The fraction of sp³-hybridized carbons (Fsp3) is 0.619. The van der Waals surface area contributed by atoms with E-state index in [1.165, 1.54) is 5.56 Å². The number of hydrogen-bond acceptors (Lipinski definition) is 4. The third-order valence-electron chi connectivity index (χ3n) is 6.07. The summed E-state index contributed by atoms with van der Waals surface area (Å²) in [5, 5.41) is 14.2. The molecule has 2 unspecified atom stereocenters. The van der Waals surface area contributed by atoms with Crippen LogP contribution in [0.5, 0.6) is 0 Å². The molecular weight excluding hydrogens is 367 g/mol. The fourth-order valence-corrected chi connectivity index (χ4v) is 4.67. The van der Waals surface area contributed by atoms with Gasteiger partial charge in [-0.2, -0.15) is 0 Å². The zero-order valence-electron chi connectivity index (χ0n) is 16.5. The topological polar surface area (TPSA) is 72.5 Å². The van der Waals surface area contributed by atoms with Crippen molar-refractivity contribution in [1.29, 1.82) is 0 Å². The van der Waals surface area contributed by atoms with Crippen LogP contribution in [-0.2, 0) is 9.59 Å². The first-order chi connectivity index (χ1) is 12.6. The molecule has 27 heavy (non-hydrogen) atoms. The molecule has 0 radical (unpaired) electrons. The summed E-state index contributed by atoms with van der Waals surface area (Å²) in [4.78, 5) is 26.1. The molecule has 0 spiro atoms. The van der Waals surface area contributed by atoms with Gasteiger partial charge in [0.1, 0.15) is 0 Å². The number of aliphatic carboxylic acids is 1. The molecule has 6 heteroatoms. The summed E-state index contributed by atoms with van der Waals surface area (Å²) in [6.07, 6.45) is 4.85. The van der Waals surface area contributed by atoms with E-state index < -0.39 is 11.9 Å². The van der Waals surface area contributed by atoms with Crippen molar-refractivity contribution in [3.63, 3.8) is 0 Å². The van der Waals surface area contributed by atoms with Crippen molar-refractivity contribution < 1.29 is 66.1 Å². The Kier molecular flexibility index (Phi) is 9.45. The van der Waals surface area contributed by atoms with E-state index in [1.54, 1.807) is 0 Å². The molecule has 1 N–H and O–H groups in total. The second-order valence-corrected chi connectivity index (χ2v) is 7.86. The molecule has 0 aromatic heterocycles. The van der Waals surface area contributed by atoms with Crippen LogP contribution < -0.4 is 61.8 Å². The maximum absolute atomic E-state index is 12.6. The van der Waals surface area contributed by atoms with Gasteiger partial charge in [-0.05, 0) is 63.1 Å². The zero-order chi connectivity index (χ0) is 18.5. The van der Waals surface area contributed by atoms with E-state index in [2.05, 4.69) is 41.5 Å². The number of benzene rings is 1. The predicted octanol–water partition coefficient (Wildman–Crippen LogP) is -1.25. The summed E-state index contributed by atoms with van der Waals surface area (Å²) < 4.78 is 0. The first kappa shape index (κ1) is 23.0. The normalized spacial score (nSPS) is 28.8. The maximum atomic E-state index is 12.6. The summed E-state index contributed by atoms with van der Waals surface area (Å²) in [7, 11) is 2.15. The molecule has 2 aliphatic rings. The Morgan fingerprint density at radius 1 is 1.11 bits per heavy atom. The van der Waals surface area contributed by atoms with E-state index in [0.29, 0.717) is 31.3 Å². The Hall–Kier alpha value is -0.244. The summed E-state index contributed by atoms with van der Waals surface area (Å²) in [5.41, 5.74) is 1.30. The van der Waals surface area contributed by atoms with Crippen LogP contribution in [-0.4, -0.2) is 36.9 Å². The minimum absolute atomic E-state index is 0. The van der Waals surface area contributed by atoms with Crippen molar-refractivity contribution in [2.75, 3.05) is 20.1 Å². The summed E-state index contributed by atoms with van der Waals surface area (Å²) in [6, 6.07) is 10.8. The number of rotatable bonds is 5. The molecule has 1 heterocycles. The Morgan fingerprint density at radius 3 is 2.52 bits per heavy atom. The standard InChI is InChI=1S/C21H30N2O3.K/c1-23-12-6-11-18(19(23)15-7-3-2-4-8-15)14-22-20(24)16-9-5-10-17(13-16)21(25)26;/h2-4,7-8,16-19H,5-6,9-14H2,1H3,(H,22,24)(H,25,26);/q;+1/p-1/t16?,17?,18-,19-;/m0./s1. The van der Waals surface area contributed by atoms with Gasteiger partial charge in [-0.25, -0.2) is 0 Å². The van der Waals surface area contributed by atoms with Gasteiger partial charge < -0.3 is 15.2 Å². The third kappa shape index (κ3) is 6.11. The maximum Gasteiger partial charge on any atom is 1.00 e. The first-order valence-electron chi connectivity index (χ1n) is 9.80. The Morgan fingerprint density at radius 2 is 1.81 bits per heavy atom. The molecule has 4 atom stereocenters. The van der Waals surface area contributed by atoms with Gasteiger partial charge in [0, 0.05) is 24.5 Å². The second-order valence-electron chi connectivity index (χ2n) is 7.86. The third-order valence-corrected chi connectivity index (χ3v) is 6.07. The van der Waals surface area contributed by atoms with E-state index in [1.807, 2.05) is 6.07 Å². The van der Waals surface area contributed by atoms with Crippen molar-refractivity contribution in [3.8, 4) is 0 Å². The summed E-state index contributed by atoms with van der Waals surface area (Å²) in [6.45, 7) is 1.72. The van der Waals surface area contributed by atoms with E-state index in [0.717, 1.165) is 32.2 Å². The number of carboxylic acid groups (broad SMARTS) is 1. The molecule has 1 aromatic carbocycles. The SMILES string of the molecule is CN1CCC[C@@H](CNC(=O)C2CCCC(C(=O)[O-])C2)[C@@H]1c1ccccc1.[K+]. The Balaban J connectivity index is 0.00000261. The minimum Gasteiger partial charge on any atom is -0.550 e. The second kappa shape index (κ2) is 11.1. The molecule has 3 rings (SSSR count). The summed E-state index contributed by atoms with van der Waals surface area (Å²) in [5.74, 6) is -1.29. The van der Waals surface area contributed by atoms with Gasteiger partial charge in [-0.3, -0.25) is 9.69 Å². The first-order valence-corrected chi connectivity index (χ1v) is 9.80. The molecule has 1 aromatic rings. The van der Waals surface area contributed by atoms with Gasteiger partial charge in [-0.15, -0.1) is 0 Å². The average Bonchev–Trinajstić information content (AvgIpc) is 2.67. The van der Waals surface area contributed by atoms with Crippen LogP contribution in [0, 0.1) is 17.8 Å². The molecule has 1 aliphatic heterocycles.